The van der Waals surface area contributed by atoms with Crippen LogP contribution in [0.1, 0.15) is 18.4 Å². The van der Waals surface area contributed by atoms with Crippen LogP contribution < -0.4 is 14.5 Å². The number of sulfone groups is 1. The Morgan fingerprint density at radius 1 is 0.630 bits per heavy atom. The molecular formula is C47H37N3O3S. The fourth-order valence-corrected chi connectivity index (χ4v) is 8.99. The molecule has 6 nitrogen and oxygen atoms in total. The Balaban J connectivity index is 1.27. The van der Waals surface area contributed by atoms with Crippen molar-refractivity contribution in [2.24, 2.45) is 0 Å². The summed E-state index contributed by atoms with van der Waals surface area (Å²) in [6.07, 6.45) is 6.99. The average Bonchev–Trinajstić information content (AvgIpc) is 3.23. The largest absolute Gasteiger partial charge is 0.497 e. The third kappa shape index (κ3) is 5.65. The van der Waals surface area contributed by atoms with Crippen LogP contribution in [-0.2, 0) is 9.84 Å². The zero-order chi connectivity index (χ0) is 36.8. The van der Waals surface area contributed by atoms with E-state index >= 15 is 0 Å². The van der Waals surface area contributed by atoms with Gasteiger partial charge >= 0.3 is 0 Å². The van der Waals surface area contributed by atoms with E-state index in [4.69, 9.17) is 9.72 Å². The average molecular weight is 724 g/mol. The highest BCUT2D eigenvalue weighted by molar-refractivity contribution is 7.95. The van der Waals surface area contributed by atoms with Crippen LogP contribution in [0.5, 0.6) is 5.75 Å². The van der Waals surface area contributed by atoms with Crippen LogP contribution in [0.3, 0.4) is 0 Å². The summed E-state index contributed by atoms with van der Waals surface area (Å²) in [6.45, 7) is 2.13. The minimum Gasteiger partial charge on any atom is -0.497 e. The first kappa shape index (κ1) is 33.4. The maximum atomic E-state index is 13.5. The van der Waals surface area contributed by atoms with Crippen molar-refractivity contribution in [2.45, 2.75) is 24.7 Å². The molecule has 0 saturated heterocycles. The number of benzene rings is 6. The van der Waals surface area contributed by atoms with Gasteiger partial charge in [0.25, 0.3) is 0 Å². The van der Waals surface area contributed by atoms with Gasteiger partial charge in [0.1, 0.15) is 5.75 Å². The first-order valence-electron chi connectivity index (χ1n) is 18.1. The van der Waals surface area contributed by atoms with Crippen molar-refractivity contribution < 1.29 is 13.2 Å². The molecule has 1 aliphatic carbocycles. The summed E-state index contributed by atoms with van der Waals surface area (Å²) in [5, 5.41) is 1.04. The smallest absolute Gasteiger partial charge is 0.206 e. The number of aromatic nitrogens is 1. The molecule has 1 aliphatic heterocycles. The zero-order valence-corrected chi connectivity index (χ0v) is 30.8. The molecule has 0 amide bonds. The fourth-order valence-electron chi connectivity index (χ4n) is 7.61. The lowest BCUT2D eigenvalue weighted by atomic mass is 9.94. The van der Waals surface area contributed by atoms with Crippen LogP contribution in [0.2, 0.25) is 0 Å². The topological polar surface area (TPSA) is 62.7 Å². The summed E-state index contributed by atoms with van der Waals surface area (Å²) < 4.78 is 32.6. The second-order valence-corrected chi connectivity index (χ2v) is 15.5. The Morgan fingerprint density at radius 2 is 1.24 bits per heavy atom. The molecule has 7 heteroatoms. The van der Waals surface area contributed by atoms with Gasteiger partial charge in [0.15, 0.2) is 0 Å². The number of methoxy groups -OCH3 is 1. The minimum atomic E-state index is -3.63. The number of ether oxygens (including phenoxy) is 1. The van der Waals surface area contributed by atoms with E-state index in [0.717, 1.165) is 91.6 Å². The molecule has 0 spiro atoms. The number of hydrogen-bond acceptors (Lipinski definition) is 6. The number of pyridine rings is 1. The first-order chi connectivity index (χ1) is 26.4. The minimum absolute atomic E-state index is 0.265. The Bertz CT molecular complexity index is 2670. The van der Waals surface area contributed by atoms with E-state index in [1.54, 1.807) is 31.4 Å². The van der Waals surface area contributed by atoms with Crippen LogP contribution >= 0.6 is 0 Å². The summed E-state index contributed by atoms with van der Waals surface area (Å²) >= 11 is 0. The molecule has 54 heavy (non-hydrogen) atoms. The molecule has 2 heterocycles. The Hall–Kier alpha value is -6.44. The van der Waals surface area contributed by atoms with Gasteiger partial charge in [-0.2, -0.15) is 0 Å². The number of anilines is 6. The van der Waals surface area contributed by atoms with E-state index in [9.17, 15) is 8.42 Å². The molecule has 0 N–H and O–H groups in total. The van der Waals surface area contributed by atoms with E-state index in [2.05, 4.69) is 120 Å². The van der Waals surface area contributed by atoms with Crippen molar-refractivity contribution in [3.8, 4) is 28.1 Å². The van der Waals surface area contributed by atoms with Gasteiger partial charge in [-0.3, -0.25) is 0 Å². The maximum absolute atomic E-state index is 13.5. The summed E-state index contributed by atoms with van der Waals surface area (Å²) in [7, 11) is -1.96. The van der Waals surface area contributed by atoms with Crippen LogP contribution in [0.4, 0.5) is 34.1 Å². The third-order valence-electron chi connectivity index (χ3n) is 10.3. The van der Waals surface area contributed by atoms with Gasteiger partial charge in [-0.05, 0) is 115 Å². The fraction of sp³-hybridized carbons (Fsp3) is 0.0851. The maximum Gasteiger partial charge on any atom is 0.206 e. The molecular weight excluding hydrogens is 687 g/mol. The number of nitrogens with zero attached hydrogens (tertiary/aromatic N) is 3. The summed E-state index contributed by atoms with van der Waals surface area (Å²) in [4.78, 5) is 10.7. The van der Waals surface area contributed by atoms with Gasteiger partial charge in [0.05, 0.1) is 56.6 Å². The number of hydrogen-bond donors (Lipinski definition) is 0. The van der Waals surface area contributed by atoms with Crippen molar-refractivity contribution in [3.05, 3.63) is 174 Å². The van der Waals surface area contributed by atoms with Gasteiger partial charge < -0.3 is 14.5 Å². The van der Waals surface area contributed by atoms with Crippen molar-refractivity contribution in [3.63, 3.8) is 0 Å². The standard InChI is InChI=1S/C47H37N3O3S/c1-32-21-30-45(50-43-19-11-9-17-41(43)49(35-13-5-3-6-14-35)42-18-10-12-20-44(42)50)47-46(32)39(33-22-26-36(53-2)27-23-33)31-40(48-47)34-24-28-38(29-25-34)54(51,52)37-15-7-4-8-16-37/h3,5-7,9-31H,4,8H2,1-2H3. The van der Waals surface area contributed by atoms with E-state index in [1.165, 1.54) is 0 Å². The molecule has 0 bridgehead atoms. The highest BCUT2D eigenvalue weighted by atomic mass is 32.2. The lowest BCUT2D eigenvalue weighted by Crippen LogP contribution is -2.24. The highest BCUT2D eigenvalue weighted by Crippen LogP contribution is 2.55. The van der Waals surface area contributed by atoms with Crippen LogP contribution in [-0.4, -0.2) is 20.5 Å². The molecule has 6 aromatic carbocycles. The zero-order valence-electron chi connectivity index (χ0n) is 30.0. The van der Waals surface area contributed by atoms with Crippen molar-refractivity contribution in [1.82, 2.24) is 4.98 Å². The molecule has 9 rings (SSSR count). The van der Waals surface area contributed by atoms with Crippen LogP contribution in [0.25, 0.3) is 33.3 Å². The molecule has 264 valence electrons. The predicted molar refractivity (Wildman–Crippen MR) is 220 cm³/mol. The molecule has 2 aliphatic rings. The number of aryl methyl sites for hydroxylation is 1. The van der Waals surface area contributed by atoms with Gasteiger partial charge in [0, 0.05) is 16.6 Å². The Labute approximate surface area is 315 Å². The van der Waals surface area contributed by atoms with Crippen molar-refractivity contribution in [1.29, 1.82) is 0 Å². The van der Waals surface area contributed by atoms with Crippen molar-refractivity contribution in [2.75, 3.05) is 16.9 Å². The molecule has 0 atom stereocenters. The molecule has 0 radical (unpaired) electrons. The normalized spacial score (nSPS) is 13.7. The number of para-hydroxylation sites is 5. The van der Waals surface area contributed by atoms with E-state index in [0.29, 0.717) is 4.91 Å². The third-order valence-corrected chi connectivity index (χ3v) is 12.1. The summed E-state index contributed by atoms with van der Waals surface area (Å²) in [6, 6.07) is 49.1. The Kier molecular flexibility index (Phi) is 8.36. The summed E-state index contributed by atoms with van der Waals surface area (Å²) in [5.74, 6) is 0.777. The molecule has 0 saturated carbocycles. The molecule has 0 unspecified atom stereocenters. The first-order valence-corrected chi connectivity index (χ1v) is 19.5. The van der Waals surface area contributed by atoms with Gasteiger partial charge in [0.2, 0.25) is 9.84 Å². The predicted octanol–water partition coefficient (Wildman–Crippen LogP) is 12.1. The van der Waals surface area contributed by atoms with E-state index < -0.39 is 9.84 Å². The lowest BCUT2D eigenvalue weighted by molar-refractivity contribution is 0.415. The van der Waals surface area contributed by atoms with E-state index in [1.807, 2.05) is 36.4 Å². The second kappa shape index (κ2) is 13.5. The number of allylic oxidation sites excluding steroid dienone is 3. The highest BCUT2D eigenvalue weighted by Gasteiger charge is 2.32. The van der Waals surface area contributed by atoms with Crippen molar-refractivity contribution >= 4 is 54.9 Å². The molecule has 7 aromatic rings. The van der Waals surface area contributed by atoms with Crippen LogP contribution in [0, 0.1) is 6.92 Å². The second-order valence-electron chi connectivity index (χ2n) is 13.5. The van der Waals surface area contributed by atoms with Gasteiger partial charge in [-0.15, -0.1) is 0 Å². The SMILES string of the molecule is COc1ccc(-c2cc(-c3ccc(S(=O)(=O)C4=CCCC=C4)cc3)nc3c(N4c5ccccc5N(c5ccccc5)c5ccccc54)ccc(C)c23)cc1. The van der Waals surface area contributed by atoms with Crippen LogP contribution in [0.15, 0.2) is 174 Å². The van der Waals surface area contributed by atoms with Gasteiger partial charge in [-0.1, -0.05) is 84.9 Å². The Morgan fingerprint density at radius 3 is 1.85 bits per heavy atom. The van der Waals surface area contributed by atoms with E-state index in [-0.39, 0.29) is 4.90 Å². The summed E-state index contributed by atoms with van der Waals surface area (Å²) in [5.41, 5.74) is 11.7. The number of rotatable bonds is 7. The lowest BCUT2D eigenvalue weighted by Gasteiger charge is -2.40. The quantitative estimate of drug-likeness (QED) is 0.163. The number of fused-ring (bicyclic) bond motifs is 3. The van der Waals surface area contributed by atoms with Gasteiger partial charge in [-0.25, -0.2) is 13.4 Å². The molecule has 0 fully saturated rings. The monoisotopic (exact) mass is 723 g/mol. The molecule has 1 aromatic heterocycles.